The zero-order valence-corrected chi connectivity index (χ0v) is 11.9. The van der Waals surface area contributed by atoms with E-state index in [1.165, 1.54) is 16.2 Å². The molecule has 0 bridgehead atoms. The van der Waals surface area contributed by atoms with Gasteiger partial charge in [-0.15, -0.1) is 0 Å². The molecule has 1 aromatic carbocycles. The standard InChI is InChI=1S/C14H17N3O4/c1-15(9-13(19)20)12(18)7-8-17-11-6-4-3-5-10(11)16(2)14(17)21/h3-6H,7-9H2,1-2H3,(H,19,20). The number of rotatable bonds is 5. The van der Waals surface area contributed by atoms with Gasteiger partial charge >= 0.3 is 11.7 Å². The number of fused-ring (bicyclic) bond motifs is 1. The van der Waals surface area contributed by atoms with E-state index in [1.807, 2.05) is 24.3 Å². The predicted molar refractivity (Wildman–Crippen MR) is 77.1 cm³/mol. The third-order valence-corrected chi connectivity index (χ3v) is 3.40. The lowest BCUT2D eigenvalue weighted by atomic mass is 10.3. The van der Waals surface area contributed by atoms with Gasteiger partial charge in [0.1, 0.15) is 6.54 Å². The van der Waals surface area contributed by atoms with Crippen molar-refractivity contribution in [3.63, 3.8) is 0 Å². The maximum Gasteiger partial charge on any atom is 0.328 e. The highest BCUT2D eigenvalue weighted by molar-refractivity contribution is 5.81. The van der Waals surface area contributed by atoms with E-state index >= 15 is 0 Å². The van der Waals surface area contributed by atoms with Gasteiger partial charge in [-0.1, -0.05) is 12.1 Å². The first-order valence-corrected chi connectivity index (χ1v) is 6.52. The summed E-state index contributed by atoms with van der Waals surface area (Å²) in [5, 5.41) is 8.65. The Bertz CT molecular complexity index is 744. The number of aliphatic carboxylic acids is 1. The Kier molecular flexibility index (Phi) is 4.11. The monoisotopic (exact) mass is 291 g/mol. The van der Waals surface area contributed by atoms with Crippen molar-refractivity contribution in [2.45, 2.75) is 13.0 Å². The zero-order chi connectivity index (χ0) is 15.6. The summed E-state index contributed by atoms with van der Waals surface area (Å²) in [5.74, 6) is -1.37. The summed E-state index contributed by atoms with van der Waals surface area (Å²) in [6.07, 6.45) is 0.0810. The number of hydrogen-bond acceptors (Lipinski definition) is 3. The van der Waals surface area contributed by atoms with Gasteiger partial charge in [-0.05, 0) is 12.1 Å². The maximum atomic E-state index is 12.2. The van der Waals surface area contributed by atoms with Crippen molar-refractivity contribution < 1.29 is 14.7 Å². The van der Waals surface area contributed by atoms with Gasteiger partial charge in [-0.2, -0.15) is 0 Å². The van der Waals surface area contributed by atoms with E-state index in [-0.39, 0.29) is 31.1 Å². The van der Waals surface area contributed by atoms with E-state index in [0.717, 1.165) is 15.9 Å². The molecule has 0 aliphatic heterocycles. The quantitative estimate of drug-likeness (QED) is 0.857. The second-order valence-corrected chi connectivity index (χ2v) is 4.88. The summed E-state index contributed by atoms with van der Waals surface area (Å²) in [6, 6.07) is 7.34. The van der Waals surface area contributed by atoms with Gasteiger partial charge in [-0.3, -0.25) is 18.7 Å². The molecule has 0 spiro atoms. The van der Waals surface area contributed by atoms with Gasteiger partial charge in [0.15, 0.2) is 0 Å². The van der Waals surface area contributed by atoms with Crippen LogP contribution in [0.15, 0.2) is 29.1 Å². The number of nitrogens with zero attached hydrogens (tertiary/aromatic N) is 3. The molecule has 0 atom stereocenters. The molecule has 1 heterocycles. The fourth-order valence-electron chi connectivity index (χ4n) is 2.27. The molecule has 112 valence electrons. The van der Waals surface area contributed by atoms with Gasteiger partial charge in [0.2, 0.25) is 5.91 Å². The van der Waals surface area contributed by atoms with E-state index in [9.17, 15) is 14.4 Å². The lowest BCUT2D eigenvalue weighted by molar-refractivity contribution is -0.143. The number of hydrogen-bond donors (Lipinski definition) is 1. The molecule has 0 unspecified atom stereocenters. The van der Waals surface area contributed by atoms with Crippen LogP contribution in [0.25, 0.3) is 11.0 Å². The van der Waals surface area contributed by atoms with E-state index in [0.29, 0.717) is 0 Å². The van der Waals surface area contributed by atoms with Crippen molar-refractivity contribution in [3.05, 3.63) is 34.7 Å². The number of carboxylic acid groups (broad SMARTS) is 1. The Labute approximate surface area is 121 Å². The van der Waals surface area contributed by atoms with Gasteiger partial charge in [0, 0.05) is 27.1 Å². The largest absolute Gasteiger partial charge is 0.480 e. The molecule has 0 radical (unpaired) electrons. The molecule has 0 aliphatic carbocycles. The first kappa shape index (κ1) is 14.8. The van der Waals surface area contributed by atoms with Gasteiger partial charge in [0.25, 0.3) is 0 Å². The van der Waals surface area contributed by atoms with Crippen molar-refractivity contribution in [1.82, 2.24) is 14.0 Å². The molecule has 0 saturated carbocycles. The molecule has 7 heteroatoms. The number of aromatic nitrogens is 2. The minimum atomic E-state index is -1.06. The summed E-state index contributed by atoms with van der Waals surface area (Å²) >= 11 is 0. The number of aryl methyl sites for hydroxylation is 2. The van der Waals surface area contributed by atoms with Crippen LogP contribution >= 0.6 is 0 Å². The van der Waals surface area contributed by atoms with Crippen LogP contribution in [-0.4, -0.2) is 44.6 Å². The van der Waals surface area contributed by atoms with Gasteiger partial charge in [0.05, 0.1) is 11.0 Å². The van der Waals surface area contributed by atoms with Gasteiger partial charge < -0.3 is 10.0 Å². The summed E-state index contributed by atoms with van der Waals surface area (Å²) in [6.45, 7) is -0.119. The predicted octanol–water partition coefficient (Wildman–Crippen LogP) is 0.273. The van der Waals surface area contributed by atoms with Crippen molar-refractivity contribution in [1.29, 1.82) is 0 Å². The normalized spacial score (nSPS) is 10.8. The topological polar surface area (TPSA) is 84.5 Å². The highest BCUT2D eigenvalue weighted by Gasteiger charge is 2.15. The fourth-order valence-corrected chi connectivity index (χ4v) is 2.27. The van der Waals surface area contributed by atoms with Crippen LogP contribution in [0, 0.1) is 0 Å². The van der Waals surface area contributed by atoms with Crippen LogP contribution in [0.3, 0.4) is 0 Å². The summed E-state index contributed by atoms with van der Waals surface area (Å²) < 4.78 is 3.06. The number of carbonyl (C=O) groups excluding carboxylic acids is 1. The van der Waals surface area contributed by atoms with Crippen LogP contribution in [0.5, 0.6) is 0 Å². The average Bonchev–Trinajstić information content (AvgIpc) is 2.68. The van der Waals surface area contributed by atoms with Crippen LogP contribution in [0.2, 0.25) is 0 Å². The molecule has 21 heavy (non-hydrogen) atoms. The molecule has 0 saturated heterocycles. The zero-order valence-electron chi connectivity index (χ0n) is 11.9. The van der Waals surface area contributed by atoms with Crippen LogP contribution in [0.1, 0.15) is 6.42 Å². The molecule has 0 fully saturated rings. The second kappa shape index (κ2) is 5.82. The summed E-state index contributed by atoms with van der Waals surface area (Å²) in [5.41, 5.74) is 1.37. The molecule has 2 rings (SSSR count). The van der Waals surface area contributed by atoms with Gasteiger partial charge in [-0.25, -0.2) is 4.79 Å². The second-order valence-electron chi connectivity index (χ2n) is 4.88. The van der Waals surface area contributed by atoms with E-state index in [4.69, 9.17) is 5.11 Å². The lowest BCUT2D eigenvalue weighted by Crippen LogP contribution is -2.33. The Morgan fingerprint density at radius 3 is 2.48 bits per heavy atom. The first-order valence-electron chi connectivity index (χ1n) is 6.52. The minimum Gasteiger partial charge on any atom is -0.480 e. The molecule has 1 aromatic heterocycles. The lowest BCUT2D eigenvalue weighted by Gasteiger charge is -2.14. The van der Waals surface area contributed by atoms with Crippen molar-refractivity contribution >= 4 is 22.9 Å². The number of benzene rings is 1. The fraction of sp³-hybridized carbons (Fsp3) is 0.357. The minimum absolute atomic E-state index is 0.0810. The molecule has 2 aromatic rings. The molecule has 0 aliphatic rings. The Morgan fingerprint density at radius 2 is 1.86 bits per heavy atom. The molecule has 1 N–H and O–H groups in total. The number of para-hydroxylation sites is 2. The molecule has 7 nitrogen and oxygen atoms in total. The highest BCUT2D eigenvalue weighted by atomic mass is 16.4. The molecular formula is C14H17N3O4. The average molecular weight is 291 g/mol. The first-order chi connectivity index (χ1) is 9.91. The third kappa shape index (κ3) is 2.96. The van der Waals surface area contributed by atoms with Crippen LogP contribution in [-0.2, 0) is 23.2 Å². The SMILES string of the molecule is CN(CC(=O)O)C(=O)CCn1c(=O)n(C)c2ccccc21. The summed E-state index contributed by atoms with van der Waals surface area (Å²) in [7, 11) is 3.11. The highest BCUT2D eigenvalue weighted by Crippen LogP contribution is 2.11. The van der Waals surface area contributed by atoms with Crippen molar-refractivity contribution in [2.75, 3.05) is 13.6 Å². The number of carboxylic acids is 1. The maximum absolute atomic E-state index is 12.2. The number of carbonyl (C=O) groups is 2. The Morgan fingerprint density at radius 1 is 1.24 bits per heavy atom. The molecular weight excluding hydrogens is 274 g/mol. The van der Waals surface area contributed by atoms with Crippen LogP contribution in [0.4, 0.5) is 0 Å². The van der Waals surface area contributed by atoms with E-state index in [2.05, 4.69) is 0 Å². The van der Waals surface area contributed by atoms with E-state index < -0.39 is 5.97 Å². The molecule has 1 amide bonds. The number of imidazole rings is 1. The smallest absolute Gasteiger partial charge is 0.328 e. The third-order valence-electron chi connectivity index (χ3n) is 3.40. The van der Waals surface area contributed by atoms with E-state index in [1.54, 1.807) is 7.05 Å². The number of likely N-dealkylation sites (N-methyl/N-ethyl adjacent to an activating group) is 1. The Hall–Kier alpha value is -2.57. The number of amides is 1. The van der Waals surface area contributed by atoms with Crippen molar-refractivity contribution in [2.24, 2.45) is 7.05 Å². The van der Waals surface area contributed by atoms with Crippen LogP contribution < -0.4 is 5.69 Å². The summed E-state index contributed by atoms with van der Waals surface area (Å²) in [4.78, 5) is 35.7. The van der Waals surface area contributed by atoms with Crippen molar-refractivity contribution in [3.8, 4) is 0 Å². The Balaban J connectivity index is 2.18.